The number of hydrogen-bond donors (Lipinski definition) is 1. The number of nitrogens with one attached hydrogen (secondary N) is 1. The Labute approximate surface area is 219 Å². The molecule has 2 amide bonds. The first-order valence-electron chi connectivity index (χ1n) is 13.8. The standard InChI is InChI=1S/C28H37N7O2/c1-20(36)31-22-12-17-34(18-13-22)28(37)26-23-6-3-4-8-25(23)35(32-26)19-11-21-9-15-33(16-10-21)27-24(29-2)7-5-14-30-27/h5,7,14,21-22H,3-4,6,8-13,15-19H2,1H3,(H,31,36). The van der Waals surface area contributed by atoms with Gasteiger partial charge in [0.05, 0.1) is 6.57 Å². The average molecular weight is 504 g/mol. The number of carbonyl (C=O) groups excluding carboxylic acids is 2. The summed E-state index contributed by atoms with van der Waals surface area (Å²) in [5.41, 5.74) is 3.71. The summed E-state index contributed by atoms with van der Waals surface area (Å²) in [4.78, 5) is 37.1. The molecule has 0 spiro atoms. The third-order valence-corrected chi connectivity index (χ3v) is 8.20. The number of hydrogen-bond acceptors (Lipinski definition) is 5. The highest BCUT2D eigenvalue weighted by atomic mass is 16.2. The van der Waals surface area contributed by atoms with E-state index in [-0.39, 0.29) is 17.9 Å². The Kier molecular flexibility index (Phi) is 7.73. The maximum atomic E-state index is 13.5. The third kappa shape index (κ3) is 5.63. The van der Waals surface area contributed by atoms with E-state index in [0.717, 1.165) is 88.8 Å². The van der Waals surface area contributed by atoms with Crippen molar-refractivity contribution in [3.05, 3.63) is 46.7 Å². The zero-order chi connectivity index (χ0) is 25.8. The second-order valence-electron chi connectivity index (χ2n) is 10.6. The normalized spacial score (nSPS) is 18.8. The van der Waals surface area contributed by atoms with Crippen LogP contribution >= 0.6 is 0 Å². The van der Waals surface area contributed by atoms with Crippen LogP contribution < -0.4 is 10.2 Å². The van der Waals surface area contributed by atoms with Gasteiger partial charge in [0.1, 0.15) is 5.82 Å². The second-order valence-corrected chi connectivity index (χ2v) is 10.6. The highest BCUT2D eigenvalue weighted by molar-refractivity contribution is 5.94. The van der Waals surface area contributed by atoms with Gasteiger partial charge < -0.3 is 15.1 Å². The second kappa shape index (κ2) is 11.3. The molecule has 0 saturated carbocycles. The number of likely N-dealkylation sites (tertiary alicyclic amines) is 1. The van der Waals surface area contributed by atoms with Crippen molar-refractivity contribution in [3.63, 3.8) is 0 Å². The zero-order valence-corrected chi connectivity index (χ0v) is 21.8. The van der Waals surface area contributed by atoms with Crippen molar-refractivity contribution >= 4 is 23.3 Å². The molecule has 0 radical (unpaired) electrons. The molecule has 0 unspecified atom stereocenters. The fourth-order valence-corrected chi connectivity index (χ4v) is 6.15. The van der Waals surface area contributed by atoms with Crippen molar-refractivity contribution in [2.45, 2.75) is 77.3 Å². The van der Waals surface area contributed by atoms with Crippen LogP contribution in [0.15, 0.2) is 18.3 Å². The van der Waals surface area contributed by atoms with Crippen LogP contribution in [-0.4, -0.2) is 63.7 Å². The maximum Gasteiger partial charge on any atom is 0.274 e. The van der Waals surface area contributed by atoms with Gasteiger partial charge in [-0.3, -0.25) is 19.3 Å². The van der Waals surface area contributed by atoms with Crippen molar-refractivity contribution < 1.29 is 9.59 Å². The molecule has 1 N–H and O–H groups in total. The smallest absolute Gasteiger partial charge is 0.274 e. The molecular formula is C28H37N7O2. The van der Waals surface area contributed by atoms with Crippen molar-refractivity contribution in [1.29, 1.82) is 0 Å². The molecule has 9 heteroatoms. The van der Waals surface area contributed by atoms with E-state index in [1.54, 1.807) is 13.1 Å². The molecule has 2 aromatic rings. The van der Waals surface area contributed by atoms with Crippen molar-refractivity contribution in [3.8, 4) is 0 Å². The first-order chi connectivity index (χ1) is 18.0. The van der Waals surface area contributed by atoms with Crippen LogP contribution in [0.5, 0.6) is 0 Å². The molecule has 196 valence electrons. The van der Waals surface area contributed by atoms with Crippen LogP contribution in [0.4, 0.5) is 11.5 Å². The van der Waals surface area contributed by atoms with Crippen LogP contribution in [0.2, 0.25) is 0 Å². The summed E-state index contributed by atoms with van der Waals surface area (Å²) in [6.07, 6.45) is 10.8. The number of carbonyl (C=O) groups is 2. The van der Waals surface area contributed by atoms with Gasteiger partial charge in [0, 0.05) is 63.1 Å². The van der Waals surface area contributed by atoms with E-state index in [1.165, 1.54) is 5.69 Å². The molecule has 3 aliphatic rings. The van der Waals surface area contributed by atoms with Gasteiger partial charge in [-0.1, -0.05) is 12.1 Å². The summed E-state index contributed by atoms with van der Waals surface area (Å²) in [5.74, 6) is 1.46. The summed E-state index contributed by atoms with van der Waals surface area (Å²) in [7, 11) is 0. The Hall–Kier alpha value is -3.41. The predicted octanol–water partition coefficient (Wildman–Crippen LogP) is 3.76. The topological polar surface area (TPSA) is 87.7 Å². The number of amides is 2. The predicted molar refractivity (Wildman–Crippen MR) is 142 cm³/mol. The van der Waals surface area contributed by atoms with Gasteiger partial charge in [-0.05, 0) is 63.7 Å². The Balaban J connectivity index is 1.20. The van der Waals surface area contributed by atoms with E-state index in [0.29, 0.717) is 30.4 Å². The Morgan fingerprint density at radius 1 is 1.11 bits per heavy atom. The summed E-state index contributed by atoms with van der Waals surface area (Å²) in [6.45, 7) is 13.0. The molecule has 0 atom stereocenters. The van der Waals surface area contributed by atoms with E-state index < -0.39 is 0 Å². The highest BCUT2D eigenvalue weighted by Gasteiger charge is 2.31. The van der Waals surface area contributed by atoms with Crippen LogP contribution in [0, 0.1) is 12.5 Å². The van der Waals surface area contributed by atoms with Crippen molar-refractivity contribution in [2.75, 3.05) is 31.1 Å². The lowest BCUT2D eigenvalue weighted by Gasteiger charge is -2.33. The van der Waals surface area contributed by atoms with E-state index in [4.69, 9.17) is 11.7 Å². The summed E-state index contributed by atoms with van der Waals surface area (Å²) in [5, 5.41) is 7.89. The van der Waals surface area contributed by atoms with Gasteiger partial charge in [0.25, 0.3) is 5.91 Å². The van der Waals surface area contributed by atoms with Gasteiger partial charge in [-0.15, -0.1) is 0 Å². The Morgan fingerprint density at radius 2 is 1.86 bits per heavy atom. The quantitative estimate of drug-likeness (QED) is 0.607. The number of nitrogens with zero attached hydrogens (tertiary/aromatic N) is 6. The molecule has 0 aromatic carbocycles. The van der Waals surface area contributed by atoms with Gasteiger partial charge in [-0.2, -0.15) is 5.10 Å². The monoisotopic (exact) mass is 503 g/mol. The lowest BCUT2D eigenvalue weighted by atomic mass is 9.92. The van der Waals surface area contributed by atoms with E-state index in [2.05, 4.69) is 24.7 Å². The van der Waals surface area contributed by atoms with Gasteiger partial charge in [-0.25, -0.2) is 4.85 Å². The fraction of sp³-hybridized carbons (Fsp3) is 0.607. The summed E-state index contributed by atoms with van der Waals surface area (Å²) >= 11 is 0. The molecule has 4 heterocycles. The summed E-state index contributed by atoms with van der Waals surface area (Å²) < 4.78 is 2.13. The van der Waals surface area contributed by atoms with Crippen LogP contribution in [0.1, 0.15) is 73.6 Å². The first kappa shape index (κ1) is 25.2. The third-order valence-electron chi connectivity index (χ3n) is 8.20. The molecule has 0 bridgehead atoms. The molecular weight excluding hydrogens is 466 g/mol. The minimum Gasteiger partial charge on any atom is -0.365 e. The minimum atomic E-state index is -0.00637. The minimum absolute atomic E-state index is 0.00637. The number of rotatable bonds is 6. The van der Waals surface area contributed by atoms with E-state index in [9.17, 15) is 9.59 Å². The Bertz CT molecular complexity index is 1170. The average Bonchev–Trinajstić information content (AvgIpc) is 3.30. The van der Waals surface area contributed by atoms with Gasteiger partial charge in [0.15, 0.2) is 5.69 Å². The molecule has 2 saturated heterocycles. The van der Waals surface area contributed by atoms with Crippen molar-refractivity contribution in [1.82, 2.24) is 25.0 Å². The fourth-order valence-electron chi connectivity index (χ4n) is 6.15. The number of piperidine rings is 2. The van der Waals surface area contributed by atoms with Crippen molar-refractivity contribution in [2.24, 2.45) is 5.92 Å². The van der Waals surface area contributed by atoms with E-state index in [1.807, 2.05) is 17.0 Å². The molecule has 1 aliphatic carbocycles. The molecule has 37 heavy (non-hydrogen) atoms. The van der Waals surface area contributed by atoms with Crippen LogP contribution in [-0.2, 0) is 24.2 Å². The summed E-state index contributed by atoms with van der Waals surface area (Å²) in [6, 6.07) is 3.82. The van der Waals surface area contributed by atoms with Gasteiger partial charge >= 0.3 is 0 Å². The lowest BCUT2D eigenvalue weighted by Crippen LogP contribution is -2.46. The van der Waals surface area contributed by atoms with Gasteiger partial charge in [0.2, 0.25) is 11.6 Å². The molecule has 5 rings (SSSR count). The molecule has 2 aliphatic heterocycles. The largest absolute Gasteiger partial charge is 0.365 e. The van der Waals surface area contributed by atoms with Crippen LogP contribution in [0.3, 0.4) is 0 Å². The SMILES string of the molecule is [C-]#[N+]c1cccnc1N1CCC(CCn2nc(C(=O)N3CCC(NC(C)=O)CC3)c3c2CCCC3)CC1. The molecule has 2 fully saturated rings. The van der Waals surface area contributed by atoms with Crippen LogP contribution in [0.25, 0.3) is 4.85 Å². The van der Waals surface area contributed by atoms with E-state index >= 15 is 0 Å². The number of pyridine rings is 1. The zero-order valence-electron chi connectivity index (χ0n) is 21.8. The molecule has 2 aromatic heterocycles. The maximum absolute atomic E-state index is 13.5. The number of aryl methyl sites for hydroxylation is 1. The number of aromatic nitrogens is 3. The highest BCUT2D eigenvalue weighted by Crippen LogP contribution is 2.32. The number of fused-ring (bicyclic) bond motifs is 1. The molecule has 9 nitrogen and oxygen atoms in total. The lowest BCUT2D eigenvalue weighted by molar-refractivity contribution is -0.119. The Morgan fingerprint density at radius 3 is 2.59 bits per heavy atom. The number of anilines is 1. The first-order valence-corrected chi connectivity index (χ1v) is 13.8.